The molecule has 0 bridgehead atoms. The van der Waals surface area contributed by atoms with E-state index in [0.29, 0.717) is 6.54 Å². The van der Waals surface area contributed by atoms with Gasteiger partial charge in [-0.05, 0) is 25.1 Å². The second-order valence-electron chi connectivity index (χ2n) is 6.27. The zero-order chi connectivity index (χ0) is 20.9. The Morgan fingerprint density at radius 3 is 2.21 bits per heavy atom. The van der Waals surface area contributed by atoms with Crippen LogP contribution in [0.2, 0.25) is 0 Å². The van der Waals surface area contributed by atoms with Gasteiger partial charge in [0.25, 0.3) is 5.91 Å². The summed E-state index contributed by atoms with van der Waals surface area (Å²) >= 11 is 0. The number of amides is 3. The van der Waals surface area contributed by atoms with E-state index in [1.165, 1.54) is 26.8 Å². The summed E-state index contributed by atoms with van der Waals surface area (Å²) in [7, 11) is 0. The molecule has 0 radical (unpaired) electrons. The van der Waals surface area contributed by atoms with Crippen molar-refractivity contribution >= 4 is 17.7 Å². The van der Waals surface area contributed by atoms with E-state index in [1.54, 1.807) is 6.92 Å². The molecule has 0 unspecified atom stereocenters. The van der Waals surface area contributed by atoms with Crippen LogP contribution in [0.5, 0.6) is 0 Å². The molecule has 28 heavy (non-hydrogen) atoms. The smallest absolute Gasteiger partial charge is 0.338 e. The normalized spacial score (nSPS) is 14.6. The molecule has 0 aliphatic carbocycles. The molecule has 1 aliphatic heterocycles. The number of halogens is 3. The van der Waals surface area contributed by atoms with Crippen molar-refractivity contribution in [3.8, 4) is 0 Å². The monoisotopic (exact) mass is 397 g/mol. The Morgan fingerprint density at radius 1 is 1.11 bits per heavy atom. The highest BCUT2D eigenvalue weighted by atomic mass is 19.4. The maximum absolute atomic E-state index is 13.1. The minimum absolute atomic E-state index is 0.105. The molecule has 152 valence electrons. The van der Waals surface area contributed by atoms with Crippen molar-refractivity contribution < 1.29 is 27.6 Å². The van der Waals surface area contributed by atoms with Gasteiger partial charge in [-0.1, -0.05) is 18.7 Å². The Labute approximate surface area is 161 Å². The van der Waals surface area contributed by atoms with Crippen LogP contribution in [0.1, 0.15) is 22.8 Å². The molecule has 1 heterocycles. The van der Waals surface area contributed by atoms with Crippen molar-refractivity contribution in [1.82, 2.24) is 14.7 Å². The van der Waals surface area contributed by atoms with Gasteiger partial charge in [-0.2, -0.15) is 13.2 Å². The lowest BCUT2D eigenvalue weighted by molar-refractivity contribution is -0.139. The summed E-state index contributed by atoms with van der Waals surface area (Å²) in [5, 5.41) is 0. The highest BCUT2D eigenvalue weighted by Crippen LogP contribution is 2.32. The predicted molar refractivity (Wildman–Crippen MR) is 96.4 cm³/mol. The largest absolute Gasteiger partial charge is 0.417 e. The Bertz CT molecular complexity index is 756. The van der Waals surface area contributed by atoms with Crippen LogP contribution >= 0.6 is 0 Å². The van der Waals surface area contributed by atoms with Crippen LogP contribution in [0.15, 0.2) is 36.9 Å². The third-order valence-electron chi connectivity index (χ3n) is 4.58. The summed E-state index contributed by atoms with van der Waals surface area (Å²) in [4.78, 5) is 40.7. The van der Waals surface area contributed by atoms with Gasteiger partial charge in [0.15, 0.2) is 0 Å². The number of hydrogen-bond acceptors (Lipinski definition) is 3. The first-order chi connectivity index (χ1) is 13.2. The van der Waals surface area contributed by atoms with Crippen LogP contribution in [0.25, 0.3) is 0 Å². The fourth-order valence-electron chi connectivity index (χ4n) is 2.98. The molecular weight excluding hydrogens is 375 g/mol. The summed E-state index contributed by atoms with van der Waals surface area (Å²) < 4.78 is 39.4. The molecule has 0 saturated carbocycles. The molecule has 1 fully saturated rings. The minimum atomic E-state index is -4.62. The first-order valence-corrected chi connectivity index (χ1v) is 8.83. The molecule has 6 nitrogen and oxygen atoms in total. The number of hydrogen-bond donors (Lipinski definition) is 0. The first-order valence-electron chi connectivity index (χ1n) is 8.83. The van der Waals surface area contributed by atoms with Gasteiger partial charge in [0.2, 0.25) is 11.8 Å². The van der Waals surface area contributed by atoms with E-state index < -0.39 is 23.2 Å². The molecule has 1 aromatic rings. The number of carbonyl (C=O) groups is 3. The Kier molecular flexibility index (Phi) is 6.82. The molecule has 1 aromatic carbocycles. The van der Waals surface area contributed by atoms with Crippen molar-refractivity contribution in [2.75, 3.05) is 39.3 Å². The van der Waals surface area contributed by atoms with Gasteiger partial charge in [-0.15, -0.1) is 0 Å². The maximum atomic E-state index is 13.1. The fraction of sp³-hybridized carbons (Fsp3) is 0.421. The van der Waals surface area contributed by atoms with E-state index >= 15 is 0 Å². The van der Waals surface area contributed by atoms with E-state index in [2.05, 4.69) is 6.58 Å². The number of carbonyl (C=O) groups excluding carboxylic acids is 3. The zero-order valence-corrected chi connectivity index (χ0v) is 15.5. The van der Waals surface area contributed by atoms with Crippen LogP contribution in [0.4, 0.5) is 13.2 Å². The topological polar surface area (TPSA) is 60.9 Å². The zero-order valence-electron chi connectivity index (χ0n) is 15.5. The fourth-order valence-corrected chi connectivity index (χ4v) is 2.98. The van der Waals surface area contributed by atoms with Gasteiger partial charge in [0, 0.05) is 32.7 Å². The van der Waals surface area contributed by atoms with Crippen LogP contribution in [-0.2, 0) is 15.8 Å². The number of piperazine rings is 1. The van der Waals surface area contributed by atoms with E-state index in [1.807, 2.05) is 0 Å². The number of rotatable bonds is 5. The number of benzene rings is 1. The molecule has 0 N–H and O–H groups in total. The van der Waals surface area contributed by atoms with Crippen molar-refractivity contribution in [3.63, 3.8) is 0 Å². The van der Waals surface area contributed by atoms with E-state index in [4.69, 9.17) is 0 Å². The Morgan fingerprint density at radius 2 is 1.68 bits per heavy atom. The van der Waals surface area contributed by atoms with Gasteiger partial charge < -0.3 is 14.7 Å². The minimum Gasteiger partial charge on any atom is -0.338 e. The molecule has 1 aliphatic rings. The lowest BCUT2D eigenvalue weighted by Crippen LogP contribution is -2.53. The van der Waals surface area contributed by atoms with Crippen LogP contribution in [0, 0.1) is 0 Å². The van der Waals surface area contributed by atoms with Gasteiger partial charge in [0.1, 0.15) is 0 Å². The Hall–Kier alpha value is -2.84. The molecule has 0 aromatic heterocycles. The second kappa shape index (κ2) is 8.90. The SMILES string of the molecule is C=CC(=O)N(CC)CC(=O)N1CCN(C(=O)c2ccccc2C(F)(F)F)CC1. The number of likely N-dealkylation sites (N-methyl/N-ethyl adjacent to an activating group) is 1. The van der Waals surface area contributed by atoms with E-state index in [9.17, 15) is 27.6 Å². The quantitative estimate of drug-likeness (QED) is 0.715. The van der Waals surface area contributed by atoms with Crippen molar-refractivity contribution in [1.29, 1.82) is 0 Å². The molecule has 3 amide bonds. The summed E-state index contributed by atoms with van der Waals surface area (Å²) in [5.41, 5.74) is -1.37. The average molecular weight is 397 g/mol. The highest BCUT2D eigenvalue weighted by Gasteiger charge is 2.36. The molecule has 0 atom stereocenters. The maximum Gasteiger partial charge on any atom is 0.417 e. The van der Waals surface area contributed by atoms with Crippen molar-refractivity contribution in [2.45, 2.75) is 13.1 Å². The molecule has 2 rings (SSSR count). The first kappa shape index (κ1) is 21.5. The third kappa shape index (κ3) is 4.90. The summed E-state index contributed by atoms with van der Waals surface area (Å²) in [6.45, 7) is 6.01. The lowest BCUT2D eigenvalue weighted by Gasteiger charge is -2.36. The summed E-state index contributed by atoms with van der Waals surface area (Å²) in [5.74, 6) is -1.34. The third-order valence-corrected chi connectivity index (χ3v) is 4.58. The average Bonchev–Trinajstić information content (AvgIpc) is 2.70. The highest BCUT2D eigenvalue weighted by molar-refractivity contribution is 5.96. The molecular formula is C19H22F3N3O3. The molecule has 0 spiro atoms. The van der Waals surface area contributed by atoms with Crippen LogP contribution in [0.3, 0.4) is 0 Å². The van der Waals surface area contributed by atoms with E-state index in [0.717, 1.165) is 18.2 Å². The summed E-state index contributed by atoms with van der Waals surface area (Å²) in [6, 6.07) is 4.66. The Balaban J connectivity index is 2.01. The van der Waals surface area contributed by atoms with E-state index in [-0.39, 0.29) is 44.5 Å². The van der Waals surface area contributed by atoms with Crippen LogP contribution < -0.4 is 0 Å². The standard InChI is InChI=1S/C19H22F3N3O3/c1-3-16(26)23(4-2)13-17(27)24-9-11-25(12-10-24)18(28)14-7-5-6-8-15(14)19(20,21)22/h3,5-8H,1,4,9-13H2,2H3. The van der Waals surface area contributed by atoms with Crippen molar-refractivity contribution in [3.05, 3.63) is 48.0 Å². The lowest BCUT2D eigenvalue weighted by atomic mass is 10.1. The predicted octanol–water partition coefficient (Wildman–Crippen LogP) is 2.02. The number of alkyl halides is 3. The second-order valence-corrected chi connectivity index (χ2v) is 6.27. The van der Waals surface area contributed by atoms with Crippen LogP contribution in [-0.4, -0.2) is 71.7 Å². The van der Waals surface area contributed by atoms with Gasteiger partial charge in [-0.3, -0.25) is 14.4 Å². The van der Waals surface area contributed by atoms with Gasteiger partial charge in [-0.25, -0.2) is 0 Å². The van der Waals surface area contributed by atoms with Gasteiger partial charge >= 0.3 is 6.18 Å². The number of nitrogens with zero attached hydrogens (tertiary/aromatic N) is 3. The molecule has 1 saturated heterocycles. The summed E-state index contributed by atoms with van der Waals surface area (Å²) in [6.07, 6.45) is -3.49. The molecule has 9 heteroatoms. The van der Waals surface area contributed by atoms with Gasteiger partial charge in [0.05, 0.1) is 17.7 Å². The van der Waals surface area contributed by atoms with Crippen molar-refractivity contribution in [2.24, 2.45) is 0 Å².